The SMILES string of the molecule is CCC(Sc1nc(-c2ccco2)c(-c2ccco2)[nH]1)C(=O)n1c2c(c3ccccc31)CCCC2. The van der Waals surface area contributed by atoms with Gasteiger partial charge in [-0.1, -0.05) is 36.9 Å². The zero-order chi connectivity index (χ0) is 23.1. The van der Waals surface area contributed by atoms with Crippen molar-refractivity contribution in [3.63, 3.8) is 0 Å². The van der Waals surface area contributed by atoms with Gasteiger partial charge in [-0.05, 0) is 68.0 Å². The van der Waals surface area contributed by atoms with Crippen molar-refractivity contribution in [2.24, 2.45) is 0 Å². The maximum Gasteiger partial charge on any atom is 0.244 e. The molecular formula is C27H25N3O3S. The van der Waals surface area contributed by atoms with Gasteiger partial charge in [0.2, 0.25) is 5.91 Å². The first-order valence-corrected chi connectivity index (χ1v) is 12.6. The van der Waals surface area contributed by atoms with E-state index in [0.29, 0.717) is 28.8 Å². The Kier molecular flexibility index (Phi) is 5.41. The second-order valence-corrected chi connectivity index (χ2v) is 9.75. The molecule has 1 aliphatic rings. The minimum Gasteiger partial charge on any atom is -0.463 e. The van der Waals surface area contributed by atoms with Gasteiger partial charge in [0.05, 0.1) is 23.3 Å². The number of aromatic nitrogens is 3. The number of hydrogen-bond donors (Lipinski definition) is 1. The summed E-state index contributed by atoms with van der Waals surface area (Å²) in [6.45, 7) is 2.05. The lowest BCUT2D eigenvalue weighted by molar-refractivity contribution is 0.0910. The first kappa shape index (κ1) is 21.1. The number of para-hydroxylation sites is 1. The average molecular weight is 472 g/mol. The third kappa shape index (κ3) is 3.51. The molecule has 0 aliphatic heterocycles. The van der Waals surface area contributed by atoms with Gasteiger partial charge in [-0.25, -0.2) is 4.98 Å². The molecule has 1 aromatic carbocycles. The fourth-order valence-corrected chi connectivity index (χ4v) is 5.88. The number of nitrogens with one attached hydrogen (secondary N) is 1. The lowest BCUT2D eigenvalue weighted by Gasteiger charge is -2.18. The Morgan fingerprint density at radius 1 is 1.06 bits per heavy atom. The monoisotopic (exact) mass is 471 g/mol. The second kappa shape index (κ2) is 8.72. The van der Waals surface area contributed by atoms with Crippen LogP contribution in [0.1, 0.15) is 42.2 Å². The number of benzene rings is 1. The average Bonchev–Trinajstić information content (AvgIpc) is 3.66. The number of furan rings is 2. The van der Waals surface area contributed by atoms with Gasteiger partial charge in [-0.2, -0.15) is 0 Å². The van der Waals surface area contributed by atoms with Crippen LogP contribution in [0.4, 0.5) is 0 Å². The van der Waals surface area contributed by atoms with E-state index in [1.807, 2.05) is 34.9 Å². The number of rotatable bonds is 6. The minimum atomic E-state index is -0.276. The summed E-state index contributed by atoms with van der Waals surface area (Å²) in [5.41, 5.74) is 4.96. The smallest absolute Gasteiger partial charge is 0.244 e. The Labute approximate surface area is 201 Å². The number of thioether (sulfide) groups is 1. The Balaban J connectivity index is 1.38. The summed E-state index contributed by atoms with van der Waals surface area (Å²) in [6, 6.07) is 15.7. The molecule has 5 aromatic rings. The van der Waals surface area contributed by atoms with Gasteiger partial charge >= 0.3 is 0 Å². The van der Waals surface area contributed by atoms with E-state index in [9.17, 15) is 4.79 Å². The molecule has 0 radical (unpaired) electrons. The van der Waals surface area contributed by atoms with Crippen LogP contribution in [0.15, 0.2) is 75.0 Å². The molecule has 172 valence electrons. The van der Waals surface area contributed by atoms with Gasteiger partial charge in [0.25, 0.3) is 0 Å². The molecule has 1 N–H and O–H groups in total. The van der Waals surface area contributed by atoms with Crippen molar-refractivity contribution >= 4 is 28.6 Å². The lowest BCUT2D eigenvalue weighted by Crippen LogP contribution is -2.26. The quantitative estimate of drug-likeness (QED) is 0.271. The Morgan fingerprint density at radius 2 is 1.82 bits per heavy atom. The van der Waals surface area contributed by atoms with E-state index in [4.69, 9.17) is 13.8 Å². The maximum atomic E-state index is 13.9. The lowest BCUT2D eigenvalue weighted by atomic mass is 9.95. The van der Waals surface area contributed by atoms with E-state index in [0.717, 1.165) is 30.5 Å². The number of hydrogen-bond acceptors (Lipinski definition) is 5. The largest absolute Gasteiger partial charge is 0.463 e. The molecule has 34 heavy (non-hydrogen) atoms. The standard InChI is InChI=1S/C27H25N3O3S/c1-2-23(26(31)30-19-11-5-3-9-17(19)18-10-4-6-12-20(18)30)34-27-28-24(21-13-7-15-32-21)25(29-27)22-14-8-16-33-22/h3,5,7-9,11,13-16,23H,2,4,6,10,12H2,1H3,(H,28,29). The Hall–Kier alpha value is -3.45. The number of carbonyl (C=O) groups is 1. The molecule has 0 fully saturated rings. The normalized spacial score (nSPS) is 14.4. The summed E-state index contributed by atoms with van der Waals surface area (Å²) in [5.74, 6) is 1.44. The molecule has 0 amide bonds. The van der Waals surface area contributed by atoms with Crippen LogP contribution in [0.3, 0.4) is 0 Å². The zero-order valence-corrected chi connectivity index (χ0v) is 19.7. The highest BCUT2D eigenvalue weighted by Crippen LogP contribution is 2.37. The highest BCUT2D eigenvalue weighted by atomic mass is 32.2. The third-order valence-corrected chi connectivity index (χ3v) is 7.74. The highest BCUT2D eigenvalue weighted by Gasteiger charge is 2.29. The molecule has 4 aromatic heterocycles. The predicted molar refractivity (Wildman–Crippen MR) is 133 cm³/mol. The van der Waals surface area contributed by atoms with Crippen molar-refractivity contribution < 1.29 is 13.6 Å². The van der Waals surface area contributed by atoms with Crippen LogP contribution in [0, 0.1) is 0 Å². The van der Waals surface area contributed by atoms with E-state index >= 15 is 0 Å². The third-order valence-electron chi connectivity index (χ3n) is 6.50. The predicted octanol–water partition coefficient (Wildman–Crippen LogP) is 6.97. The van der Waals surface area contributed by atoms with Crippen LogP contribution in [-0.4, -0.2) is 25.7 Å². The minimum absolute atomic E-state index is 0.113. The molecule has 6 nitrogen and oxygen atoms in total. The maximum absolute atomic E-state index is 13.9. The van der Waals surface area contributed by atoms with E-state index in [-0.39, 0.29) is 11.2 Å². The molecule has 4 heterocycles. The summed E-state index contributed by atoms with van der Waals surface area (Å²) in [7, 11) is 0. The molecule has 1 aliphatic carbocycles. The van der Waals surface area contributed by atoms with Crippen LogP contribution in [-0.2, 0) is 12.8 Å². The molecule has 7 heteroatoms. The summed E-state index contributed by atoms with van der Waals surface area (Å²) >= 11 is 1.46. The summed E-state index contributed by atoms with van der Waals surface area (Å²) in [4.78, 5) is 22.1. The summed E-state index contributed by atoms with van der Waals surface area (Å²) < 4.78 is 13.2. The summed E-state index contributed by atoms with van der Waals surface area (Å²) in [6.07, 6.45) is 8.24. The molecular weight excluding hydrogens is 446 g/mol. The van der Waals surface area contributed by atoms with Gasteiger partial charge in [0.15, 0.2) is 16.7 Å². The molecule has 0 saturated carbocycles. The van der Waals surface area contributed by atoms with Gasteiger partial charge < -0.3 is 13.8 Å². The number of carbonyl (C=O) groups excluding carboxylic acids is 1. The number of aryl methyl sites for hydroxylation is 1. The Morgan fingerprint density at radius 3 is 2.59 bits per heavy atom. The van der Waals surface area contributed by atoms with E-state index in [2.05, 4.69) is 30.1 Å². The number of fused-ring (bicyclic) bond motifs is 3. The molecule has 0 saturated heterocycles. The number of H-pyrrole nitrogens is 1. The topological polar surface area (TPSA) is 77.0 Å². The first-order chi connectivity index (χ1) is 16.7. The number of imidazole rings is 1. The fourth-order valence-electron chi connectivity index (χ4n) is 4.93. The Bertz CT molecular complexity index is 1390. The van der Waals surface area contributed by atoms with Crippen LogP contribution >= 0.6 is 11.8 Å². The van der Waals surface area contributed by atoms with Crippen molar-refractivity contribution in [3.05, 3.63) is 72.3 Å². The van der Waals surface area contributed by atoms with E-state index in [1.165, 1.54) is 34.8 Å². The number of nitrogens with zero attached hydrogens (tertiary/aromatic N) is 2. The van der Waals surface area contributed by atoms with E-state index < -0.39 is 0 Å². The van der Waals surface area contributed by atoms with Crippen LogP contribution in [0.2, 0.25) is 0 Å². The van der Waals surface area contributed by atoms with Gasteiger partial charge in [-0.3, -0.25) is 9.36 Å². The molecule has 1 atom stereocenters. The van der Waals surface area contributed by atoms with Gasteiger partial charge in [-0.15, -0.1) is 0 Å². The molecule has 6 rings (SSSR count). The fraction of sp³-hybridized carbons (Fsp3) is 0.259. The zero-order valence-electron chi connectivity index (χ0n) is 18.9. The highest BCUT2D eigenvalue weighted by molar-refractivity contribution is 8.00. The van der Waals surface area contributed by atoms with Crippen molar-refractivity contribution in [1.82, 2.24) is 14.5 Å². The van der Waals surface area contributed by atoms with Gasteiger partial charge in [0, 0.05) is 11.1 Å². The van der Waals surface area contributed by atoms with Crippen molar-refractivity contribution in [2.75, 3.05) is 0 Å². The molecule has 0 bridgehead atoms. The van der Waals surface area contributed by atoms with Crippen molar-refractivity contribution in [3.8, 4) is 22.9 Å². The molecule has 0 spiro atoms. The molecule has 1 unspecified atom stereocenters. The van der Waals surface area contributed by atoms with E-state index in [1.54, 1.807) is 12.5 Å². The first-order valence-electron chi connectivity index (χ1n) is 11.7. The van der Waals surface area contributed by atoms with Crippen LogP contribution in [0.25, 0.3) is 33.8 Å². The second-order valence-electron chi connectivity index (χ2n) is 8.56. The summed E-state index contributed by atoms with van der Waals surface area (Å²) in [5, 5.41) is 1.61. The van der Waals surface area contributed by atoms with Gasteiger partial charge in [0.1, 0.15) is 11.4 Å². The van der Waals surface area contributed by atoms with Crippen molar-refractivity contribution in [1.29, 1.82) is 0 Å². The van der Waals surface area contributed by atoms with Crippen molar-refractivity contribution in [2.45, 2.75) is 49.4 Å². The van der Waals surface area contributed by atoms with Crippen LogP contribution < -0.4 is 0 Å². The number of aromatic amines is 1. The van der Waals surface area contributed by atoms with Crippen LogP contribution in [0.5, 0.6) is 0 Å².